The van der Waals surface area contributed by atoms with Crippen molar-refractivity contribution < 1.29 is 17.9 Å². The summed E-state index contributed by atoms with van der Waals surface area (Å²) in [7, 11) is -3.26. The fourth-order valence-electron chi connectivity index (χ4n) is 2.95. The molecule has 160 valence electrons. The summed E-state index contributed by atoms with van der Waals surface area (Å²) in [6.45, 7) is 5.24. The number of rotatable bonds is 8. The summed E-state index contributed by atoms with van der Waals surface area (Å²) >= 11 is 7.51. The number of nitrogens with zero attached hydrogens (tertiary/aromatic N) is 2. The topological polar surface area (TPSA) is 77.7 Å². The van der Waals surface area contributed by atoms with Crippen molar-refractivity contribution in [2.45, 2.75) is 31.7 Å². The second-order valence-corrected chi connectivity index (χ2v) is 10.3. The summed E-state index contributed by atoms with van der Waals surface area (Å²) < 4.78 is 32.2. The first-order valence-corrected chi connectivity index (χ1v) is 12.4. The Morgan fingerprint density at radius 2 is 1.90 bits per heavy atom. The largest absolute Gasteiger partial charge is 0.380 e. The number of hydrogen-bond donors (Lipinski definition) is 0. The third-order valence-corrected chi connectivity index (χ3v) is 7.57. The van der Waals surface area contributed by atoms with Crippen molar-refractivity contribution in [1.29, 1.82) is 0 Å². The van der Waals surface area contributed by atoms with Crippen LogP contribution < -0.4 is 4.80 Å². The van der Waals surface area contributed by atoms with Gasteiger partial charge in [-0.25, -0.2) is 8.42 Å². The van der Waals surface area contributed by atoms with E-state index in [1.807, 2.05) is 29.7 Å². The van der Waals surface area contributed by atoms with Crippen LogP contribution in [-0.4, -0.2) is 37.9 Å². The van der Waals surface area contributed by atoms with Crippen molar-refractivity contribution in [1.82, 2.24) is 4.57 Å². The van der Waals surface area contributed by atoms with Crippen LogP contribution in [0.15, 0.2) is 52.4 Å². The summed E-state index contributed by atoms with van der Waals surface area (Å²) in [5.41, 5.74) is 1.66. The fraction of sp³-hybridized carbons (Fsp3) is 0.333. The number of fused-ring (bicyclic) bond motifs is 1. The SMILES string of the molecule is CCOCCn1c(=NC(=O)Cc2ccc(S(=O)(=O)CC)cc2)sc2cc(Cl)ccc21. The van der Waals surface area contributed by atoms with Gasteiger partial charge in [0.25, 0.3) is 5.91 Å². The summed E-state index contributed by atoms with van der Waals surface area (Å²) in [5.74, 6) is -0.262. The van der Waals surface area contributed by atoms with Gasteiger partial charge in [-0.2, -0.15) is 4.99 Å². The second kappa shape index (κ2) is 9.87. The van der Waals surface area contributed by atoms with Crippen molar-refractivity contribution in [3.05, 3.63) is 57.9 Å². The third kappa shape index (κ3) is 5.37. The van der Waals surface area contributed by atoms with Crippen molar-refractivity contribution in [3.63, 3.8) is 0 Å². The molecule has 0 aliphatic carbocycles. The molecule has 1 amide bonds. The first-order chi connectivity index (χ1) is 14.3. The van der Waals surface area contributed by atoms with E-state index in [4.69, 9.17) is 16.3 Å². The van der Waals surface area contributed by atoms with Crippen molar-refractivity contribution in [3.8, 4) is 0 Å². The van der Waals surface area contributed by atoms with Crippen LogP contribution in [-0.2, 0) is 32.3 Å². The van der Waals surface area contributed by atoms with Crippen LogP contribution in [0, 0.1) is 0 Å². The van der Waals surface area contributed by atoms with E-state index in [0.717, 1.165) is 10.2 Å². The molecule has 0 fully saturated rings. The zero-order chi connectivity index (χ0) is 21.7. The number of benzene rings is 2. The molecule has 0 aliphatic rings. The van der Waals surface area contributed by atoms with Gasteiger partial charge in [0.05, 0.1) is 33.9 Å². The molecule has 0 spiro atoms. The zero-order valence-corrected chi connectivity index (χ0v) is 19.2. The van der Waals surface area contributed by atoms with E-state index in [1.54, 1.807) is 19.1 Å². The normalized spacial score (nSPS) is 12.6. The number of aromatic nitrogens is 1. The maximum atomic E-state index is 12.6. The maximum absolute atomic E-state index is 12.6. The van der Waals surface area contributed by atoms with E-state index < -0.39 is 9.84 Å². The van der Waals surface area contributed by atoms with Gasteiger partial charge in [0.1, 0.15) is 0 Å². The van der Waals surface area contributed by atoms with Gasteiger partial charge in [0.2, 0.25) is 0 Å². The average Bonchev–Trinajstić information content (AvgIpc) is 3.04. The molecule has 30 heavy (non-hydrogen) atoms. The molecule has 0 saturated heterocycles. The molecule has 6 nitrogen and oxygen atoms in total. The van der Waals surface area contributed by atoms with Crippen LogP contribution in [0.25, 0.3) is 10.2 Å². The van der Waals surface area contributed by atoms with Crippen LogP contribution in [0.4, 0.5) is 0 Å². The molecule has 0 bridgehead atoms. The van der Waals surface area contributed by atoms with Gasteiger partial charge in [-0.3, -0.25) is 4.79 Å². The molecule has 9 heteroatoms. The van der Waals surface area contributed by atoms with Gasteiger partial charge < -0.3 is 9.30 Å². The molecule has 0 atom stereocenters. The minimum absolute atomic E-state index is 0.0400. The quantitative estimate of drug-likeness (QED) is 0.472. The molecule has 0 N–H and O–H groups in total. The molecule has 1 heterocycles. The molecule has 3 rings (SSSR count). The Balaban J connectivity index is 1.88. The lowest BCUT2D eigenvalue weighted by Crippen LogP contribution is -2.20. The summed E-state index contributed by atoms with van der Waals surface area (Å²) in [6, 6.07) is 12.0. The second-order valence-electron chi connectivity index (χ2n) is 6.57. The molecule has 0 radical (unpaired) electrons. The minimum Gasteiger partial charge on any atom is -0.380 e. The first-order valence-electron chi connectivity index (χ1n) is 9.60. The Hall–Kier alpha value is -2.00. The van der Waals surface area contributed by atoms with Gasteiger partial charge in [-0.15, -0.1) is 0 Å². The van der Waals surface area contributed by atoms with Crippen LogP contribution in [0.3, 0.4) is 0 Å². The van der Waals surface area contributed by atoms with E-state index in [1.165, 1.54) is 23.5 Å². The lowest BCUT2D eigenvalue weighted by atomic mass is 10.1. The smallest absolute Gasteiger partial charge is 0.252 e. The van der Waals surface area contributed by atoms with E-state index in [9.17, 15) is 13.2 Å². The predicted octanol–water partition coefficient (Wildman–Crippen LogP) is 3.86. The number of amides is 1. The third-order valence-electron chi connectivity index (χ3n) is 4.55. The molecular formula is C21H23ClN2O4S2. The van der Waals surface area contributed by atoms with Gasteiger partial charge in [0, 0.05) is 18.2 Å². The standard InChI is InChI=1S/C21H23ClN2O4S2/c1-3-28-12-11-24-18-10-7-16(22)14-19(18)29-21(24)23-20(25)13-15-5-8-17(9-6-15)30(26,27)4-2/h5-10,14H,3-4,11-13H2,1-2H3. The summed E-state index contributed by atoms with van der Waals surface area (Å²) in [6.07, 6.45) is 0.0902. The first kappa shape index (κ1) is 22.7. The number of carbonyl (C=O) groups is 1. The number of halogens is 1. The van der Waals surface area contributed by atoms with Crippen LogP contribution >= 0.6 is 22.9 Å². The van der Waals surface area contributed by atoms with Gasteiger partial charge in [0.15, 0.2) is 14.6 Å². The van der Waals surface area contributed by atoms with Crippen molar-refractivity contribution in [2.24, 2.45) is 4.99 Å². The van der Waals surface area contributed by atoms with E-state index in [2.05, 4.69) is 4.99 Å². The van der Waals surface area contributed by atoms with Gasteiger partial charge >= 0.3 is 0 Å². The Kier molecular flexibility index (Phi) is 7.46. The Morgan fingerprint density at radius 3 is 2.57 bits per heavy atom. The number of hydrogen-bond acceptors (Lipinski definition) is 5. The monoisotopic (exact) mass is 466 g/mol. The molecular weight excluding hydrogens is 444 g/mol. The minimum atomic E-state index is -3.26. The molecule has 0 saturated carbocycles. The number of sulfone groups is 1. The van der Waals surface area contributed by atoms with Crippen molar-refractivity contribution >= 4 is 48.9 Å². The lowest BCUT2D eigenvalue weighted by Gasteiger charge is -2.05. The molecule has 0 aliphatic heterocycles. The molecule has 2 aromatic carbocycles. The number of thiazole rings is 1. The maximum Gasteiger partial charge on any atom is 0.252 e. The van der Waals surface area contributed by atoms with E-state index in [-0.39, 0.29) is 23.0 Å². The van der Waals surface area contributed by atoms with Gasteiger partial charge in [-0.1, -0.05) is 42.0 Å². The summed E-state index contributed by atoms with van der Waals surface area (Å²) in [5, 5.41) is 0.626. The Bertz CT molecular complexity index is 1210. The van der Waals surface area contributed by atoms with Crippen LogP contribution in [0.5, 0.6) is 0 Å². The molecule has 3 aromatic rings. The highest BCUT2D eigenvalue weighted by Gasteiger charge is 2.12. The summed E-state index contributed by atoms with van der Waals surface area (Å²) in [4.78, 5) is 17.8. The zero-order valence-electron chi connectivity index (χ0n) is 16.8. The highest BCUT2D eigenvalue weighted by Crippen LogP contribution is 2.22. The molecule has 0 unspecified atom stereocenters. The fourth-order valence-corrected chi connectivity index (χ4v) is 5.18. The highest BCUT2D eigenvalue weighted by atomic mass is 35.5. The number of ether oxygens (including phenoxy) is 1. The van der Waals surface area contributed by atoms with Crippen molar-refractivity contribution in [2.75, 3.05) is 19.0 Å². The predicted molar refractivity (Wildman–Crippen MR) is 120 cm³/mol. The van der Waals surface area contributed by atoms with Gasteiger partial charge in [-0.05, 0) is 42.8 Å². The van der Waals surface area contributed by atoms with Crippen LogP contribution in [0.2, 0.25) is 5.02 Å². The average molecular weight is 467 g/mol. The lowest BCUT2D eigenvalue weighted by molar-refractivity contribution is -0.117. The van der Waals surface area contributed by atoms with Crippen LogP contribution in [0.1, 0.15) is 19.4 Å². The van der Waals surface area contributed by atoms with E-state index in [0.29, 0.717) is 35.1 Å². The Morgan fingerprint density at radius 1 is 1.17 bits per heavy atom. The molecule has 1 aromatic heterocycles. The number of carbonyl (C=O) groups excluding carboxylic acids is 1. The highest BCUT2D eigenvalue weighted by molar-refractivity contribution is 7.91. The Labute approximate surface area is 184 Å². The van der Waals surface area contributed by atoms with E-state index >= 15 is 0 Å².